The monoisotopic (exact) mass is 380 g/mol. The van der Waals surface area contributed by atoms with E-state index in [4.69, 9.17) is 4.74 Å². The molecule has 0 aliphatic carbocycles. The van der Waals surface area contributed by atoms with Crippen molar-refractivity contribution in [1.29, 1.82) is 0 Å². The second-order valence-corrected chi connectivity index (χ2v) is 9.70. The summed E-state index contributed by atoms with van der Waals surface area (Å²) in [6.07, 6.45) is 0.847. The van der Waals surface area contributed by atoms with Crippen LogP contribution in [0.1, 0.15) is 16.9 Å². The van der Waals surface area contributed by atoms with Gasteiger partial charge in [-0.2, -0.15) is 4.31 Å². The van der Waals surface area contributed by atoms with Gasteiger partial charge in [0.1, 0.15) is 9.96 Å². The standard InChI is InChI=1S/C18H24N2O3S2/c1-15-4-9-18(24-15)25(21,22)20-11-3-10-19(12-13-20)14-16-5-7-17(23-2)8-6-16/h4-9H,3,10-14H2,1-2H3. The van der Waals surface area contributed by atoms with Crippen LogP contribution in [0.25, 0.3) is 0 Å². The smallest absolute Gasteiger partial charge is 0.252 e. The van der Waals surface area contributed by atoms with E-state index in [-0.39, 0.29) is 0 Å². The van der Waals surface area contributed by atoms with E-state index in [2.05, 4.69) is 17.0 Å². The van der Waals surface area contributed by atoms with E-state index in [0.29, 0.717) is 17.3 Å². The average Bonchev–Trinajstić information content (AvgIpc) is 2.91. The van der Waals surface area contributed by atoms with Crippen molar-refractivity contribution in [3.05, 3.63) is 46.8 Å². The van der Waals surface area contributed by atoms with Crippen LogP contribution in [0.15, 0.2) is 40.6 Å². The van der Waals surface area contributed by atoms with Gasteiger partial charge in [0.2, 0.25) is 0 Å². The molecule has 0 bridgehead atoms. The first-order valence-corrected chi connectivity index (χ1v) is 10.7. The summed E-state index contributed by atoms with van der Waals surface area (Å²) >= 11 is 1.35. The van der Waals surface area contributed by atoms with E-state index in [1.807, 2.05) is 25.1 Å². The van der Waals surface area contributed by atoms with Crippen LogP contribution in [-0.4, -0.2) is 50.9 Å². The Hall–Kier alpha value is -1.41. The van der Waals surface area contributed by atoms with Crippen LogP contribution in [-0.2, 0) is 16.6 Å². The summed E-state index contributed by atoms with van der Waals surface area (Å²) in [6, 6.07) is 11.6. The minimum absolute atomic E-state index is 0.452. The Morgan fingerprint density at radius 3 is 2.44 bits per heavy atom. The number of hydrogen-bond acceptors (Lipinski definition) is 5. The highest BCUT2D eigenvalue weighted by Gasteiger charge is 2.28. The number of methoxy groups -OCH3 is 1. The van der Waals surface area contributed by atoms with Crippen molar-refractivity contribution in [3.63, 3.8) is 0 Å². The minimum Gasteiger partial charge on any atom is -0.497 e. The van der Waals surface area contributed by atoms with Crippen molar-refractivity contribution in [2.75, 3.05) is 33.3 Å². The largest absolute Gasteiger partial charge is 0.497 e. The first-order chi connectivity index (χ1) is 12.0. The van der Waals surface area contributed by atoms with Crippen LogP contribution in [0.2, 0.25) is 0 Å². The number of rotatable bonds is 5. The first-order valence-electron chi connectivity index (χ1n) is 8.41. The van der Waals surface area contributed by atoms with E-state index in [9.17, 15) is 8.42 Å². The van der Waals surface area contributed by atoms with Gasteiger partial charge < -0.3 is 4.74 Å². The predicted molar refractivity (Wildman–Crippen MR) is 101 cm³/mol. The molecule has 0 radical (unpaired) electrons. The lowest BCUT2D eigenvalue weighted by Crippen LogP contribution is -2.34. The van der Waals surface area contributed by atoms with Crippen molar-refractivity contribution >= 4 is 21.4 Å². The summed E-state index contributed by atoms with van der Waals surface area (Å²) in [7, 11) is -1.70. The fourth-order valence-corrected chi connectivity index (χ4v) is 5.92. The quantitative estimate of drug-likeness (QED) is 0.800. The maximum absolute atomic E-state index is 12.8. The number of sulfonamides is 1. The Morgan fingerprint density at radius 1 is 1.04 bits per heavy atom. The predicted octanol–water partition coefficient (Wildman–Crippen LogP) is 2.96. The highest BCUT2D eigenvalue weighted by atomic mass is 32.2. The van der Waals surface area contributed by atoms with Crippen molar-refractivity contribution in [1.82, 2.24) is 9.21 Å². The molecule has 1 aliphatic rings. The molecule has 2 heterocycles. The molecule has 136 valence electrons. The molecule has 1 aromatic carbocycles. The molecule has 25 heavy (non-hydrogen) atoms. The zero-order valence-electron chi connectivity index (χ0n) is 14.6. The van der Waals surface area contributed by atoms with E-state index >= 15 is 0 Å². The van der Waals surface area contributed by atoms with Crippen molar-refractivity contribution in [2.24, 2.45) is 0 Å². The zero-order valence-corrected chi connectivity index (χ0v) is 16.3. The molecule has 0 spiro atoms. The summed E-state index contributed by atoms with van der Waals surface area (Å²) < 4.78 is 32.9. The van der Waals surface area contributed by atoms with Crippen LogP contribution in [0.3, 0.4) is 0 Å². The number of aryl methyl sites for hydroxylation is 1. The number of nitrogens with zero attached hydrogens (tertiary/aromatic N) is 2. The third-order valence-corrected chi connectivity index (χ3v) is 7.79. The molecule has 7 heteroatoms. The minimum atomic E-state index is -3.36. The van der Waals surface area contributed by atoms with E-state index < -0.39 is 10.0 Å². The Kier molecular flexibility index (Phi) is 5.78. The highest BCUT2D eigenvalue weighted by molar-refractivity contribution is 7.91. The van der Waals surface area contributed by atoms with Gasteiger partial charge in [0, 0.05) is 31.1 Å². The van der Waals surface area contributed by atoms with Crippen molar-refractivity contribution in [3.8, 4) is 5.75 Å². The molecule has 0 saturated carbocycles. The molecule has 1 saturated heterocycles. The second kappa shape index (κ2) is 7.86. The van der Waals surface area contributed by atoms with Gasteiger partial charge in [-0.05, 0) is 49.7 Å². The molecule has 2 aromatic rings. The third-order valence-electron chi connectivity index (χ3n) is 4.42. The molecule has 0 unspecified atom stereocenters. The Bertz CT molecular complexity index is 800. The van der Waals surface area contributed by atoms with Gasteiger partial charge in [-0.3, -0.25) is 4.90 Å². The number of hydrogen-bond donors (Lipinski definition) is 0. The maximum Gasteiger partial charge on any atom is 0.252 e. The Labute approximate surface area is 153 Å². The molecular weight excluding hydrogens is 356 g/mol. The Morgan fingerprint density at radius 2 is 1.80 bits per heavy atom. The van der Waals surface area contributed by atoms with Gasteiger partial charge in [-0.1, -0.05) is 12.1 Å². The summed E-state index contributed by atoms with van der Waals surface area (Å²) in [5, 5.41) is 0. The van der Waals surface area contributed by atoms with Crippen LogP contribution in [0.4, 0.5) is 0 Å². The van der Waals surface area contributed by atoms with Crippen LogP contribution in [0.5, 0.6) is 5.75 Å². The van der Waals surface area contributed by atoms with E-state index in [1.54, 1.807) is 17.5 Å². The summed E-state index contributed by atoms with van der Waals surface area (Å²) in [5.74, 6) is 0.850. The molecule has 0 atom stereocenters. The van der Waals surface area contributed by atoms with Crippen LogP contribution in [0, 0.1) is 6.92 Å². The van der Waals surface area contributed by atoms with Crippen molar-refractivity contribution in [2.45, 2.75) is 24.1 Å². The first kappa shape index (κ1) is 18.4. The number of ether oxygens (including phenoxy) is 1. The molecule has 0 amide bonds. The number of benzene rings is 1. The zero-order chi connectivity index (χ0) is 17.9. The SMILES string of the molecule is COc1ccc(CN2CCCN(S(=O)(=O)c3ccc(C)s3)CC2)cc1. The van der Waals surface area contributed by atoms with Crippen LogP contribution < -0.4 is 4.74 Å². The maximum atomic E-state index is 12.8. The van der Waals surface area contributed by atoms with Gasteiger partial charge in [0.05, 0.1) is 7.11 Å². The lowest BCUT2D eigenvalue weighted by molar-refractivity contribution is 0.278. The summed E-state index contributed by atoms with van der Waals surface area (Å²) in [5.41, 5.74) is 1.21. The molecule has 1 aromatic heterocycles. The fourth-order valence-electron chi connectivity index (χ4n) is 3.01. The third kappa shape index (κ3) is 4.41. The number of thiophene rings is 1. The molecule has 5 nitrogen and oxygen atoms in total. The normalized spacial score (nSPS) is 17.4. The average molecular weight is 381 g/mol. The molecule has 0 N–H and O–H groups in total. The highest BCUT2D eigenvalue weighted by Crippen LogP contribution is 2.25. The van der Waals surface area contributed by atoms with Gasteiger partial charge in [-0.25, -0.2) is 8.42 Å². The fraction of sp³-hybridized carbons (Fsp3) is 0.444. The van der Waals surface area contributed by atoms with E-state index in [1.165, 1.54) is 16.9 Å². The van der Waals surface area contributed by atoms with Gasteiger partial charge in [0.25, 0.3) is 10.0 Å². The van der Waals surface area contributed by atoms with E-state index in [0.717, 1.165) is 36.7 Å². The van der Waals surface area contributed by atoms with Gasteiger partial charge >= 0.3 is 0 Å². The molecule has 3 rings (SSSR count). The molecule has 1 aliphatic heterocycles. The summed E-state index contributed by atoms with van der Waals surface area (Å²) in [4.78, 5) is 3.34. The van der Waals surface area contributed by atoms with Crippen LogP contribution >= 0.6 is 11.3 Å². The topological polar surface area (TPSA) is 49.9 Å². The second-order valence-electron chi connectivity index (χ2n) is 6.25. The lowest BCUT2D eigenvalue weighted by atomic mass is 10.2. The summed E-state index contributed by atoms with van der Waals surface area (Å²) in [6.45, 7) is 5.53. The Balaban J connectivity index is 1.63. The van der Waals surface area contributed by atoms with Gasteiger partial charge in [-0.15, -0.1) is 11.3 Å². The molecule has 1 fully saturated rings. The lowest BCUT2D eigenvalue weighted by Gasteiger charge is -2.21. The molecular formula is C18H24N2O3S2. The van der Waals surface area contributed by atoms with Crippen molar-refractivity contribution < 1.29 is 13.2 Å². The van der Waals surface area contributed by atoms with Gasteiger partial charge in [0.15, 0.2) is 0 Å².